The number of aromatic nitrogens is 3. The molecule has 1 fully saturated rings. The summed E-state index contributed by atoms with van der Waals surface area (Å²) in [5.41, 5.74) is 1.24. The summed E-state index contributed by atoms with van der Waals surface area (Å²) in [6, 6.07) is 0. The van der Waals surface area contributed by atoms with Crippen LogP contribution in [0.1, 0.15) is 56.2 Å². The van der Waals surface area contributed by atoms with Crippen molar-refractivity contribution in [3.63, 3.8) is 0 Å². The van der Waals surface area contributed by atoms with Gasteiger partial charge in [0.15, 0.2) is 5.69 Å². The van der Waals surface area contributed by atoms with Gasteiger partial charge in [-0.1, -0.05) is 19.1 Å². The van der Waals surface area contributed by atoms with Gasteiger partial charge in [0, 0.05) is 13.2 Å². The van der Waals surface area contributed by atoms with Gasteiger partial charge in [-0.3, -0.25) is 0 Å². The van der Waals surface area contributed by atoms with Gasteiger partial charge in [0.05, 0.1) is 18.4 Å². The average molecular weight is 295 g/mol. The lowest BCUT2D eigenvalue weighted by molar-refractivity contribution is 0.0517. The normalized spacial score (nSPS) is 18.4. The van der Waals surface area contributed by atoms with Crippen LogP contribution in [-0.4, -0.2) is 40.3 Å². The smallest absolute Gasteiger partial charge is 0.360 e. The van der Waals surface area contributed by atoms with Crippen molar-refractivity contribution in [3.8, 4) is 0 Å². The highest BCUT2D eigenvalue weighted by Gasteiger charge is 2.22. The first-order valence-electron chi connectivity index (χ1n) is 7.82. The molecule has 1 atom stereocenters. The molecule has 0 saturated carbocycles. The first-order chi connectivity index (χ1) is 10.1. The van der Waals surface area contributed by atoms with Crippen molar-refractivity contribution < 1.29 is 14.3 Å². The number of aryl methyl sites for hydroxylation is 1. The minimum absolute atomic E-state index is 0.312. The van der Waals surface area contributed by atoms with Crippen molar-refractivity contribution in [2.24, 2.45) is 5.92 Å². The standard InChI is InChI=1S/C15H25N3O3/c1-4-20-15(19)14-13(10-11(2)3)18(17-16-14)8-7-12-6-5-9-21-12/h11-12H,4-10H2,1-3H3. The second kappa shape index (κ2) is 7.54. The van der Waals surface area contributed by atoms with Crippen molar-refractivity contribution in [3.05, 3.63) is 11.4 Å². The maximum absolute atomic E-state index is 12.0. The molecular weight excluding hydrogens is 270 g/mol. The number of carbonyl (C=O) groups excluding carboxylic acids is 1. The number of carbonyl (C=O) groups is 1. The number of nitrogens with zero attached hydrogens (tertiary/aromatic N) is 3. The summed E-state index contributed by atoms with van der Waals surface area (Å²) < 4.78 is 12.5. The van der Waals surface area contributed by atoms with Crippen LogP contribution >= 0.6 is 0 Å². The van der Waals surface area contributed by atoms with Gasteiger partial charge in [-0.15, -0.1) is 5.10 Å². The van der Waals surface area contributed by atoms with Crippen LogP contribution < -0.4 is 0 Å². The molecule has 118 valence electrons. The number of rotatable bonds is 7. The van der Waals surface area contributed by atoms with Crippen molar-refractivity contribution in [2.75, 3.05) is 13.2 Å². The van der Waals surface area contributed by atoms with Crippen LogP contribution in [0.2, 0.25) is 0 Å². The molecule has 1 aliphatic heterocycles. The van der Waals surface area contributed by atoms with Gasteiger partial charge in [0.25, 0.3) is 0 Å². The van der Waals surface area contributed by atoms with E-state index < -0.39 is 0 Å². The predicted octanol–water partition coefficient (Wildman–Crippen LogP) is 2.22. The molecule has 0 amide bonds. The van der Waals surface area contributed by atoms with Crippen molar-refractivity contribution >= 4 is 5.97 Å². The highest BCUT2D eigenvalue weighted by atomic mass is 16.5. The highest BCUT2D eigenvalue weighted by molar-refractivity contribution is 5.88. The summed E-state index contributed by atoms with van der Waals surface area (Å²) >= 11 is 0. The van der Waals surface area contributed by atoms with Gasteiger partial charge in [-0.25, -0.2) is 9.48 Å². The van der Waals surface area contributed by atoms with E-state index >= 15 is 0 Å². The third kappa shape index (κ3) is 4.27. The molecule has 0 spiro atoms. The Bertz CT molecular complexity index is 465. The van der Waals surface area contributed by atoms with E-state index in [0.29, 0.717) is 24.3 Å². The molecule has 2 rings (SSSR count). The third-order valence-corrected chi connectivity index (χ3v) is 3.59. The molecule has 0 radical (unpaired) electrons. The zero-order valence-electron chi connectivity index (χ0n) is 13.2. The van der Waals surface area contributed by atoms with Crippen molar-refractivity contribution in [1.82, 2.24) is 15.0 Å². The minimum atomic E-state index is -0.378. The fourth-order valence-electron chi connectivity index (χ4n) is 2.60. The molecule has 1 aliphatic rings. The first-order valence-corrected chi connectivity index (χ1v) is 7.82. The Labute approximate surface area is 125 Å². The van der Waals surface area contributed by atoms with Crippen LogP contribution in [0.3, 0.4) is 0 Å². The van der Waals surface area contributed by atoms with Crippen molar-refractivity contribution in [1.29, 1.82) is 0 Å². The number of esters is 1. The van der Waals surface area contributed by atoms with E-state index in [4.69, 9.17) is 9.47 Å². The first kappa shape index (κ1) is 15.9. The number of hydrogen-bond donors (Lipinski definition) is 0. The molecule has 1 saturated heterocycles. The van der Waals surface area contributed by atoms with Crippen LogP contribution in [0.15, 0.2) is 0 Å². The Balaban J connectivity index is 2.09. The van der Waals surface area contributed by atoms with E-state index in [9.17, 15) is 4.79 Å². The predicted molar refractivity (Wildman–Crippen MR) is 78.1 cm³/mol. The zero-order chi connectivity index (χ0) is 15.2. The van der Waals surface area contributed by atoms with Gasteiger partial charge in [-0.2, -0.15) is 0 Å². The van der Waals surface area contributed by atoms with E-state index in [1.54, 1.807) is 6.92 Å². The molecule has 6 nitrogen and oxygen atoms in total. The SMILES string of the molecule is CCOC(=O)c1nnn(CCC2CCCO2)c1CC(C)C. The largest absolute Gasteiger partial charge is 0.461 e. The van der Waals surface area contributed by atoms with Gasteiger partial charge >= 0.3 is 5.97 Å². The molecule has 0 N–H and O–H groups in total. The molecule has 2 heterocycles. The van der Waals surface area contributed by atoms with E-state index in [-0.39, 0.29) is 5.97 Å². The Kier molecular flexibility index (Phi) is 5.73. The number of hydrogen-bond acceptors (Lipinski definition) is 5. The van der Waals surface area contributed by atoms with Gasteiger partial charge < -0.3 is 9.47 Å². The molecule has 1 aromatic rings. The summed E-state index contributed by atoms with van der Waals surface area (Å²) in [5.74, 6) is 0.0506. The second-order valence-corrected chi connectivity index (χ2v) is 5.85. The fourth-order valence-corrected chi connectivity index (χ4v) is 2.60. The van der Waals surface area contributed by atoms with E-state index in [1.165, 1.54) is 0 Å². The van der Waals surface area contributed by atoms with Crippen molar-refractivity contribution in [2.45, 2.75) is 59.1 Å². The lowest BCUT2D eigenvalue weighted by atomic mass is 10.1. The lowest BCUT2D eigenvalue weighted by Crippen LogP contribution is -2.16. The molecule has 6 heteroatoms. The summed E-state index contributed by atoms with van der Waals surface area (Å²) in [7, 11) is 0. The van der Waals surface area contributed by atoms with Crippen LogP contribution in [0, 0.1) is 5.92 Å². The Hall–Kier alpha value is -1.43. The van der Waals surface area contributed by atoms with Gasteiger partial charge in [-0.05, 0) is 38.5 Å². The van der Waals surface area contributed by atoms with E-state index in [2.05, 4.69) is 24.2 Å². The summed E-state index contributed by atoms with van der Waals surface area (Å²) in [5, 5.41) is 8.17. The van der Waals surface area contributed by atoms with Crippen LogP contribution in [0.5, 0.6) is 0 Å². The van der Waals surface area contributed by atoms with Crippen LogP contribution in [0.4, 0.5) is 0 Å². The van der Waals surface area contributed by atoms with Crippen LogP contribution in [-0.2, 0) is 22.4 Å². The quantitative estimate of drug-likeness (QED) is 0.722. The van der Waals surface area contributed by atoms with E-state index in [0.717, 1.165) is 44.5 Å². The number of ether oxygens (including phenoxy) is 2. The summed E-state index contributed by atoms with van der Waals surface area (Å²) in [4.78, 5) is 12.0. The summed E-state index contributed by atoms with van der Waals surface area (Å²) in [6.45, 7) is 7.97. The van der Waals surface area contributed by atoms with Gasteiger partial charge in [0.1, 0.15) is 0 Å². The summed E-state index contributed by atoms with van der Waals surface area (Å²) in [6.07, 6.45) is 4.24. The monoisotopic (exact) mass is 295 g/mol. The Morgan fingerprint density at radius 2 is 2.33 bits per heavy atom. The minimum Gasteiger partial charge on any atom is -0.461 e. The van der Waals surface area contributed by atoms with Crippen LogP contribution in [0.25, 0.3) is 0 Å². The molecular formula is C15H25N3O3. The molecule has 0 bridgehead atoms. The second-order valence-electron chi connectivity index (χ2n) is 5.85. The lowest BCUT2D eigenvalue weighted by Gasteiger charge is -2.12. The highest BCUT2D eigenvalue weighted by Crippen LogP contribution is 2.18. The Morgan fingerprint density at radius 3 is 2.95 bits per heavy atom. The maximum Gasteiger partial charge on any atom is 0.360 e. The third-order valence-electron chi connectivity index (χ3n) is 3.59. The zero-order valence-corrected chi connectivity index (χ0v) is 13.2. The Morgan fingerprint density at radius 1 is 1.52 bits per heavy atom. The molecule has 1 aromatic heterocycles. The molecule has 21 heavy (non-hydrogen) atoms. The topological polar surface area (TPSA) is 66.2 Å². The average Bonchev–Trinajstić information content (AvgIpc) is 3.05. The molecule has 0 aliphatic carbocycles. The molecule has 0 aromatic carbocycles. The fraction of sp³-hybridized carbons (Fsp3) is 0.800. The van der Waals surface area contributed by atoms with E-state index in [1.807, 2.05) is 4.68 Å². The van der Waals surface area contributed by atoms with Gasteiger partial charge in [0.2, 0.25) is 0 Å². The maximum atomic E-state index is 12.0. The molecule has 1 unspecified atom stereocenters.